The van der Waals surface area contributed by atoms with E-state index in [2.05, 4.69) is 42.4 Å². The van der Waals surface area contributed by atoms with E-state index in [0.717, 1.165) is 31.3 Å². The van der Waals surface area contributed by atoms with Crippen molar-refractivity contribution >= 4 is 0 Å². The molecule has 21 heavy (non-hydrogen) atoms. The lowest BCUT2D eigenvalue weighted by molar-refractivity contribution is 0.217. The number of rotatable bonds is 8. The molecule has 1 N–H and O–H groups in total. The molecule has 1 aromatic carbocycles. The molecule has 0 spiro atoms. The van der Waals surface area contributed by atoms with Gasteiger partial charge in [-0.1, -0.05) is 38.0 Å². The molecule has 0 radical (unpaired) electrons. The Morgan fingerprint density at radius 1 is 1.29 bits per heavy atom. The van der Waals surface area contributed by atoms with Crippen molar-refractivity contribution in [3.63, 3.8) is 0 Å². The Balaban J connectivity index is 2.09. The van der Waals surface area contributed by atoms with Crippen molar-refractivity contribution in [2.45, 2.75) is 51.1 Å². The maximum atomic E-state index is 5.55. The molecule has 3 nitrogen and oxygen atoms in total. The van der Waals surface area contributed by atoms with E-state index in [1.165, 1.54) is 31.2 Å². The number of hydrogen-bond acceptors (Lipinski definition) is 3. The number of benzene rings is 1. The van der Waals surface area contributed by atoms with Crippen molar-refractivity contribution in [2.24, 2.45) is 0 Å². The first-order valence-corrected chi connectivity index (χ1v) is 8.32. The summed E-state index contributed by atoms with van der Waals surface area (Å²) in [5, 5.41) is 3.69. The molecule has 1 saturated carbocycles. The van der Waals surface area contributed by atoms with Crippen LogP contribution in [0.3, 0.4) is 0 Å². The lowest BCUT2D eigenvalue weighted by Crippen LogP contribution is -2.38. The first-order chi connectivity index (χ1) is 10.3. The summed E-state index contributed by atoms with van der Waals surface area (Å²) in [4.78, 5) is 2.53. The highest BCUT2D eigenvalue weighted by molar-refractivity contribution is 5.36. The van der Waals surface area contributed by atoms with Gasteiger partial charge in [0, 0.05) is 24.2 Å². The highest BCUT2D eigenvalue weighted by Gasteiger charge is 2.23. The predicted octanol–water partition coefficient (Wildman–Crippen LogP) is 3.61. The molecule has 3 heteroatoms. The molecule has 1 aliphatic carbocycles. The summed E-state index contributed by atoms with van der Waals surface area (Å²) in [6, 6.07) is 9.49. The van der Waals surface area contributed by atoms with Gasteiger partial charge < -0.3 is 15.0 Å². The zero-order valence-corrected chi connectivity index (χ0v) is 13.8. The molecule has 2 rings (SSSR count). The zero-order valence-electron chi connectivity index (χ0n) is 13.8. The Hall–Kier alpha value is -1.06. The number of nitrogens with one attached hydrogen (secondary N) is 1. The average Bonchev–Trinajstić information content (AvgIpc) is 3.05. The van der Waals surface area contributed by atoms with Gasteiger partial charge in [0.05, 0.1) is 7.11 Å². The molecule has 0 aliphatic heterocycles. The Morgan fingerprint density at radius 2 is 2.00 bits per heavy atom. The largest absolute Gasteiger partial charge is 0.496 e. The SMILES string of the molecule is CCCNC(CN(C)C1CCCC1)c1ccccc1OC. The normalized spacial score (nSPS) is 17.3. The van der Waals surface area contributed by atoms with Gasteiger partial charge in [-0.2, -0.15) is 0 Å². The van der Waals surface area contributed by atoms with Crippen LogP contribution in [0.25, 0.3) is 0 Å². The number of hydrogen-bond donors (Lipinski definition) is 1. The van der Waals surface area contributed by atoms with Crippen LogP contribution < -0.4 is 10.1 Å². The topological polar surface area (TPSA) is 24.5 Å². The minimum absolute atomic E-state index is 0.340. The summed E-state index contributed by atoms with van der Waals surface area (Å²) in [6.07, 6.45) is 6.62. The maximum Gasteiger partial charge on any atom is 0.123 e. The second kappa shape index (κ2) is 8.40. The van der Waals surface area contributed by atoms with Crippen molar-refractivity contribution in [1.82, 2.24) is 10.2 Å². The number of nitrogens with zero attached hydrogens (tertiary/aromatic N) is 1. The van der Waals surface area contributed by atoms with E-state index in [4.69, 9.17) is 4.74 Å². The van der Waals surface area contributed by atoms with E-state index < -0.39 is 0 Å². The van der Waals surface area contributed by atoms with Crippen LogP contribution in [0, 0.1) is 0 Å². The summed E-state index contributed by atoms with van der Waals surface area (Å²) in [5.74, 6) is 0.992. The lowest BCUT2D eigenvalue weighted by atomic mass is 10.0. The fraction of sp³-hybridized carbons (Fsp3) is 0.667. The molecule has 1 aliphatic rings. The number of ether oxygens (including phenoxy) is 1. The monoisotopic (exact) mass is 290 g/mol. The van der Waals surface area contributed by atoms with Gasteiger partial charge in [-0.25, -0.2) is 0 Å². The van der Waals surface area contributed by atoms with Crippen LogP contribution in [0.4, 0.5) is 0 Å². The Bertz CT molecular complexity index is 415. The molecule has 0 aromatic heterocycles. The van der Waals surface area contributed by atoms with Crippen molar-refractivity contribution in [3.8, 4) is 5.75 Å². The van der Waals surface area contributed by atoms with Gasteiger partial charge >= 0.3 is 0 Å². The maximum absolute atomic E-state index is 5.55. The lowest BCUT2D eigenvalue weighted by Gasteiger charge is -2.30. The fourth-order valence-corrected chi connectivity index (χ4v) is 3.33. The molecule has 0 saturated heterocycles. The van der Waals surface area contributed by atoms with Gasteiger partial charge in [-0.3, -0.25) is 0 Å². The molecule has 0 bridgehead atoms. The van der Waals surface area contributed by atoms with E-state index >= 15 is 0 Å². The second-order valence-corrected chi connectivity index (χ2v) is 6.13. The Morgan fingerprint density at radius 3 is 2.67 bits per heavy atom. The molecule has 1 atom stereocenters. The smallest absolute Gasteiger partial charge is 0.123 e. The third-order valence-electron chi connectivity index (χ3n) is 4.57. The molecule has 118 valence electrons. The van der Waals surface area contributed by atoms with Crippen LogP contribution in [0.2, 0.25) is 0 Å². The summed E-state index contributed by atoms with van der Waals surface area (Å²) < 4.78 is 5.55. The minimum atomic E-state index is 0.340. The second-order valence-electron chi connectivity index (χ2n) is 6.13. The molecule has 0 heterocycles. The molecule has 1 aromatic rings. The summed E-state index contributed by atoms with van der Waals surface area (Å²) in [7, 11) is 4.03. The minimum Gasteiger partial charge on any atom is -0.496 e. The fourth-order valence-electron chi connectivity index (χ4n) is 3.33. The first kappa shape index (κ1) is 16.3. The third-order valence-corrected chi connectivity index (χ3v) is 4.57. The number of likely N-dealkylation sites (N-methyl/N-ethyl adjacent to an activating group) is 1. The zero-order chi connectivity index (χ0) is 15.1. The van der Waals surface area contributed by atoms with Crippen molar-refractivity contribution < 1.29 is 4.74 Å². The van der Waals surface area contributed by atoms with Crippen LogP contribution in [0.15, 0.2) is 24.3 Å². The van der Waals surface area contributed by atoms with Crippen LogP contribution in [0.1, 0.15) is 50.6 Å². The Labute approximate surface area is 129 Å². The van der Waals surface area contributed by atoms with E-state index in [9.17, 15) is 0 Å². The molecular weight excluding hydrogens is 260 g/mol. The highest BCUT2D eigenvalue weighted by Crippen LogP contribution is 2.28. The van der Waals surface area contributed by atoms with Gasteiger partial charge in [0.25, 0.3) is 0 Å². The van der Waals surface area contributed by atoms with Crippen molar-refractivity contribution in [3.05, 3.63) is 29.8 Å². The van der Waals surface area contributed by atoms with Crippen LogP contribution >= 0.6 is 0 Å². The number of methoxy groups -OCH3 is 1. The van der Waals surface area contributed by atoms with E-state index in [1.807, 2.05) is 6.07 Å². The van der Waals surface area contributed by atoms with E-state index in [0.29, 0.717) is 6.04 Å². The van der Waals surface area contributed by atoms with Gasteiger partial charge in [-0.15, -0.1) is 0 Å². The number of para-hydroxylation sites is 1. The van der Waals surface area contributed by atoms with Gasteiger partial charge in [0.1, 0.15) is 5.75 Å². The predicted molar refractivity (Wildman–Crippen MR) is 88.9 cm³/mol. The molecular formula is C18H30N2O. The van der Waals surface area contributed by atoms with Gasteiger partial charge in [-0.05, 0) is 38.9 Å². The molecule has 1 unspecified atom stereocenters. The average molecular weight is 290 g/mol. The van der Waals surface area contributed by atoms with Gasteiger partial charge in [0.2, 0.25) is 0 Å². The highest BCUT2D eigenvalue weighted by atomic mass is 16.5. The molecule has 0 amide bonds. The summed E-state index contributed by atoms with van der Waals surface area (Å²) >= 11 is 0. The Kier molecular flexibility index (Phi) is 6.52. The van der Waals surface area contributed by atoms with E-state index in [1.54, 1.807) is 7.11 Å². The summed E-state index contributed by atoms with van der Waals surface area (Å²) in [5.41, 5.74) is 1.28. The standard InChI is InChI=1S/C18H30N2O/c1-4-13-19-17(14-20(2)15-9-5-6-10-15)16-11-7-8-12-18(16)21-3/h7-8,11-12,15,17,19H,4-6,9-10,13-14H2,1-3H3. The quantitative estimate of drug-likeness (QED) is 0.791. The van der Waals surface area contributed by atoms with Crippen LogP contribution in [-0.4, -0.2) is 38.2 Å². The van der Waals surface area contributed by atoms with Crippen LogP contribution in [0.5, 0.6) is 5.75 Å². The van der Waals surface area contributed by atoms with Crippen molar-refractivity contribution in [2.75, 3.05) is 27.2 Å². The van der Waals surface area contributed by atoms with Crippen molar-refractivity contribution in [1.29, 1.82) is 0 Å². The molecule has 1 fully saturated rings. The van der Waals surface area contributed by atoms with Crippen LogP contribution in [-0.2, 0) is 0 Å². The first-order valence-electron chi connectivity index (χ1n) is 8.32. The summed E-state index contributed by atoms with van der Waals surface area (Å²) in [6.45, 7) is 4.30. The van der Waals surface area contributed by atoms with Gasteiger partial charge in [0.15, 0.2) is 0 Å². The third kappa shape index (κ3) is 4.45. The van der Waals surface area contributed by atoms with E-state index in [-0.39, 0.29) is 0 Å².